The molecule has 1 amide bonds. The van der Waals surface area contributed by atoms with Gasteiger partial charge in [0.2, 0.25) is 5.91 Å². The van der Waals surface area contributed by atoms with Gasteiger partial charge in [-0.3, -0.25) is 4.79 Å². The van der Waals surface area contributed by atoms with Crippen molar-refractivity contribution in [1.29, 1.82) is 0 Å². The van der Waals surface area contributed by atoms with Crippen molar-refractivity contribution in [2.45, 2.75) is 26.4 Å². The third kappa shape index (κ3) is 3.71. The highest BCUT2D eigenvalue weighted by Gasteiger charge is 2.30. The van der Waals surface area contributed by atoms with E-state index in [1.807, 2.05) is 31.2 Å². The predicted octanol–water partition coefficient (Wildman–Crippen LogP) is 2.90. The number of rotatable bonds is 2. The maximum atomic E-state index is 13.8. The van der Waals surface area contributed by atoms with Crippen molar-refractivity contribution >= 4 is 17.3 Å². The minimum atomic E-state index is -0.306. The smallest absolute Gasteiger partial charge is 0.224 e. The first-order valence-corrected chi connectivity index (χ1v) is 8.61. The number of hydrogen-bond acceptors (Lipinski definition) is 3. The highest BCUT2D eigenvalue weighted by atomic mass is 19.1. The van der Waals surface area contributed by atoms with Crippen LogP contribution >= 0.6 is 0 Å². The Morgan fingerprint density at radius 1 is 1.23 bits per heavy atom. The Labute approximate surface area is 153 Å². The van der Waals surface area contributed by atoms with E-state index in [1.54, 1.807) is 17.9 Å². The monoisotopic (exact) mass is 351 g/mol. The van der Waals surface area contributed by atoms with Crippen molar-refractivity contribution in [3.05, 3.63) is 59.4 Å². The van der Waals surface area contributed by atoms with Crippen LogP contribution in [-0.2, 0) is 11.3 Å². The molecule has 0 saturated carbocycles. The zero-order valence-corrected chi connectivity index (χ0v) is 15.0. The molecule has 0 saturated heterocycles. The molecule has 0 unspecified atom stereocenters. The fourth-order valence-electron chi connectivity index (χ4n) is 3.39. The van der Waals surface area contributed by atoms with Gasteiger partial charge in [-0.1, -0.05) is 24.0 Å². The molecule has 0 spiro atoms. The van der Waals surface area contributed by atoms with Gasteiger partial charge in [-0.2, -0.15) is 0 Å². The number of anilines is 2. The Balaban J connectivity index is 1.89. The van der Waals surface area contributed by atoms with Crippen LogP contribution in [0.15, 0.2) is 42.5 Å². The summed E-state index contributed by atoms with van der Waals surface area (Å²) < 4.78 is 13.8. The van der Waals surface area contributed by atoms with Crippen LogP contribution in [0.1, 0.15) is 25.0 Å². The predicted molar refractivity (Wildman–Crippen MR) is 102 cm³/mol. The van der Waals surface area contributed by atoms with Gasteiger partial charge in [-0.25, -0.2) is 4.39 Å². The lowest BCUT2D eigenvalue weighted by molar-refractivity contribution is -0.117. The Morgan fingerprint density at radius 2 is 1.96 bits per heavy atom. The lowest BCUT2D eigenvalue weighted by Crippen LogP contribution is -2.49. The number of benzene rings is 2. The summed E-state index contributed by atoms with van der Waals surface area (Å²) in [7, 11) is 0. The molecule has 0 bridgehead atoms. The molecule has 0 fully saturated rings. The summed E-state index contributed by atoms with van der Waals surface area (Å²) >= 11 is 0. The highest BCUT2D eigenvalue weighted by Crippen LogP contribution is 2.37. The molecule has 5 heteroatoms. The highest BCUT2D eigenvalue weighted by molar-refractivity contribution is 5.97. The van der Waals surface area contributed by atoms with Crippen molar-refractivity contribution in [2.24, 2.45) is 5.73 Å². The molecule has 0 aliphatic carbocycles. The molecule has 26 heavy (non-hydrogen) atoms. The minimum absolute atomic E-state index is 0.0140. The number of fused-ring (bicyclic) bond motifs is 1. The van der Waals surface area contributed by atoms with E-state index in [0.717, 1.165) is 22.5 Å². The number of carbonyl (C=O) groups excluding carboxylic acids is 1. The van der Waals surface area contributed by atoms with Crippen LogP contribution in [0.5, 0.6) is 0 Å². The molecule has 2 aromatic rings. The van der Waals surface area contributed by atoms with Gasteiger partial charge < -0.3 is 15.5 Å². The van der Waals surface area contributed by atoms with Crippen LogP contribution in [0.25, 0.3) is 0 Å². The van der Waals surface area contributed by atoms with Crippen molar-refractivity contribution < 1.29 is 9.18 Å². The lowest BCUT2D eigenvalue weighted by Gasteiger charge is -2.42. The first-order valence-electron chi connectivity index (χ1n) is 8.61. The molecule has 4 nitrogen and oxygen atoms in total. The fraction of sp³-hybridized carbons (Fsp3) is 0.286. The second kappa shape index (κ2) is 7.59. The average molecular weight is 351 g/mol. The van der Waals surface area contributed by atoms with E-state index >= 15 is 0 Å². The second-order valence-corrected chi connectivity index (χ2v) is 6.45. The maximum Gasteiger partial charge on any atom is 0.224 e. The third-order valence-electron chi connectivity index (χ3n) is 4.46. The topological polar surface area (TPSA) is 49.6 Å². The SMILES string of the molecule is CC(=O)N1c2ccc(F)cc2N(Cc2ccc(C#CCN)cc2)C[C@@H]1C. The summed E-state index contributed by atoms with van der Waals surface area (Å²) in [6.45, 7) is 5.16. The Hall–Kier alpha value is -2.84. The minimum Gasteiger partial charge on any atom is -0.363 e. The van der Waals surface area contributed by atoms with E-state index < -0.39 is 0 Å². The molecule has 1 atom stereocenters. The van der Waals surface area contributed by atoms with Crippen LogP contribution in [0, 0.1) is 17.7 Å². The summed E-state index contributed by atoms with van der Waals surface area (Å²) in [6, 6.07) is 12.5. The van der Waals surface area contributed by atoms with Gasteiger partial charge in [0, 0.05) is 25.6 Å². The molecule has 2 N–H and O–H groups in total. The Morgan fingerprint density at radius 3 is 2.62 bits per heavy atom. The molecule has 134 valence electrons. The molecule has 0 radical (unpaired) electrons. The largest absolute Gasteiger partial charge is 0.363 e. The van der Waals surface area contributed by atoms with Gasteiger partial charge in [-0.05, 0) is 42.8 Å². The summed E-state index contributed by atoms with van der Waals surface area (Å²) in [5, 5.41) is 0. The van der Waals surface area contributed by atoms with E-state index in [1.165, 1.54) is 12.1 Å². The number of nitrogens with two attached hydrogens (primary N) is 1. The van der Waals surface area contributed by atoms with Gasteiger partial charge in [0.25, 0.3) is 0 Å². The molecular weight excluding hydrogens is 329 g/mol. The molecule has 1 aliphatic rings. The molecule has 1 aliphatic heterocycles. The fourth-order valence-corrected chi connectivity index (χ4v) is 3.39. The molecule has 0 aromatic heterocycles. The average Bonchev–Trinajstić information content (AvgIpc) is 2.61. The standard InChI is InChI=1S/C21H22FN3O/c1-15-13-24(14-18-7-5-17(6-8-18)4-3-11-23)21-12-19(22)9-10-20(21)25(15)16(2)26/h5-10,12,15H,11,13-14,23H2,1-2H3/t15-/m0/s1. The van der Waals surface area contributed by atoms with Crippen molar-refractivity contribution in [1.82, 2.24) is 0 Å². The van der Waals surface area contributed by atoms with Crippen LogP contribution in [0.2, 0.25) is 0 Å². The molecular formula is C21H22FN3O. The number of hydrogen-bond donors (Lipinski definition) is 1. The summed E-state index contributed by atoms with van der Waals surface area (Å²) in [5.41, 5.74) is 8.90. The van der Waals surface area contributed by atoms with E-state index in [2.05, 4.69) is 16.7 Å². The van der Waals surface area contributed by atoms with Crippen molar-refractivity contribution in [2.75, 3.05) is 22.9 Å². The zero-order chi connectivity index (χ0) is 18.7. The van der Waals surface area contributed by atoms with Crippen LogP contribution in [-0.4, -0.2) is 25.0 Å². The van der Waals surface area contributed by atoms with Gasteiger partial charge in [0.1, 0.15) is 5.82 Å². The van der Waals surface area contributed by atoms with Crippen LogP contribution < -0.4 is 15.5 Å². The second-order valence-electron chi connectivity index (χ2n) is 6.45. The summed E-state index contributed by atoms with van der Waals surface area (Å²) in [4.78, 5) is 15.9. The lowest BCUT2D eigenvalue weighted by atomic mass is 10.1. The maximum absolute atomic E-state index is 13.8. The zero-order valence-electron chi connectivity index (χ0n) is 15.0. The number of halogens is 1. The third-order valence-corrected chi connectivity index (χ3v) is 4.46. The summed E-state index contributed by atoms with van der Waals surface area (Å²) in [5.74, 6) is 5.49. The Kier molecular flexibility index (Phi) is 5.24. The Bertz CT molecular complexity index is 867. The van der Waals surface area contributed by atoms with E-state index in [4.69, 9.17) is 5.73 Å². The number of nitrogens with zero attached hydrogens (tertiary/aromatic N) is 2. The van der Waals surface area contributed by atoms with Crippen molar-refractivity contribution in [3.8, 4) is 11.8 Å². The quantitative estimate of drug-likeness (QED) is 0.847. The number of amides is 1. The molecule has 1 heterocycles. The van der Waals surface area contributed by atoms with Crippen LogP contribution in [0.3, 0.4) is 0 Å². The van der Waals surface area contributed by atoms with Gasteiger partial charge in [-0.15, -0.1) is 0 Å². The van der Waals surface area contributed by atoms with Gasteiger partial charge in [0.05, 0.1) is 24.0 Å². The van der Waals surface area contributed by atoms with E-state index in [9.17, 15) is 9.18 Å². The van der Waals surface area contributed by atoms with Gasteiger partial charge >= 0.3 is 0 Å². The normalized spacial score (nSPS) is 15.9. The van der Waals surface area contributed by atoms with E-state index in [-0.39, 0.29) is 17.8 Å². The van der Waals surface area contributed by atoms with E-state index in [0.29, 0.717) is 19.6 Å². The first kappa shape index (κ1) is 18.0. The molecule has 3 rings (SSSR count). The summed E-state index contributed by atoms with van der Waals surface area (Å²) in [6.07, 6.45) is 0. The molecule has 2 aromatic carbocycles. The van der Waals surface area contributed by atoms with Crippen LogP contribution in [0.4, 0.5) is 15.8 Å². The van der Waals surface area contributed by atoms with Gasteiger partial charge in [0.15, 0.2) is 0 Å². The van der Waals surface area contributed by atoms with Crippen molar-refractivity contribution in [3.63, 3.8) is 0 Å². The first-order chi connectivity index (χ1) is 12.5. The number of carbonyl (C=O) groups is 1.